The summed E-state index contributed by atoms with van der Waals surface area (Å²) in [5.74, 6) is 5.41. The van der Waals surface area contributed by atoms with Gasteiger partial charge in [0.05, 0.1) is 12.1 Å². The number of quaternary nitrogens is 1. The summed E-state index contributed by atoms with van der Waals surface area (Å²) in [5.41, 5.74) is 4.99. The van der Waals surface area contributed by atoms with Gasteiger partial charge in [-0.25, -0.2) is 14.6 Å². The summed E-state index contributed by atoms with van der Waals surface area (Å²) in [4.78, 5) is 46.8. The molecular formula is C22H28FN8O3+. The lowest BCUT2D eigenvalue weighted by Gasteiger charge is -2.39. The molecule has 2 aromatic heterocycles. The van der Waals surface area contributed by atoms with Crippen molar-refractivity contribution in [2.24, 2.45) is 12.8 Å². The van der Waals surface area contributed by atoms with Gasteiger partial charge in [0.15, 0.2) is 6.29 Å². The second-order valence-electron chi connectivity index (χ2n) is 8.35. The molecule has 5 N–H and O–H groups in total. The molecule has 2 atom stereocenters. The van der Waals surface area contributed by atoms with Crippen LogP contribution in [0.25, 0.3) is 0 Å². The lowest BCUT2D eigenvalue weighted by molar-refractivity contribution is -0.573. The number of rotatable bonds is 4. The number of nitrogens with zero attached hydrogens (tertiary/aromatic N) is 5. The fourth-order valence-electron chi connectivity index (χ4n) is 4.38. The van der Waals surface area contributed by atoms with Crippen LogP contribution < -0.4 is 32.5 Å². The van der Waals surface area contributed by atoms with Gasteiger partial charge < -0.3 is 16.0 Å². The van der Waals surface area contributed by atoms with E-state index in [2.05, 4.69) is 27.0 Å². The average molecular weight is 472 g/mol. The number of fused-ring (bicyclic) bond motifs is 1. The largest absolute Gasteiger partial charge is 0.431 e. The van der Waals surface area contributed by atoms with Crippen LogP contribution in [0.3, 0.4) is 0 Å². The van der Waals surface area contributed by atoms with E-state index < -0.39 is 29.5 Å². The third-order valence-electron chi connectivity index (χ3n) is 6.11. The van der Waals surface area contributed by atoms with Crippen molar-refractivity contribution in [3.8, 4) is 11.8 Å². The van der Waals surface area contributed by atoms with Gasteiger partial charge in [-0.2, -0.15) is 4.39 Å². The number of carbonyl (C=O) groups excluding carboxylic acids is 1. The van der Waals surface area contributed by atoms with Crippen LogP contribution in [0, 0.1) is 17.8 Å². The van der Waals surface area contributed by atoms with Gasteiger partial charge in [-0.1, -0.05) is 5.92 Å². The molecule has 1 amide bonds. The molecule has 12 heteroatoms. The van der Waals surface area contributed by atoms with Gasteiger partial charge in [0, 0.05) is 32.4 Å². The second-order valence-corrected chi connectivity index (χ2v) is 8.35. The van der Waals surface area contributed by atoms with Crippen molar-refractivity contribution in [3.63, 3.8) is 0 Å². The molecule has 0 aromatic carbocycles. The van der Waals surface area contributed by atoms with E-state index in [1.54, 1.807) is 17.9 Å². The molecule has 1 saturated heterocycles. The van der Waals surface area contributed by atoms with Crippen molar-refractivity contribution < 1.29 is 14.5 Å². The smallest absolute Gasteiger partial charge is 0.337 e. The third-order valence-corrected chi connectivity index (χ3v) is 6.11. The van der Waals surface area contributed by atoms with Crippen molar-refractivity contribution in [1.29, 1.82) is 0 Å². The Hall–Kier alpha value is -3.53. The zero-order chi connectivity index (χ0) is 24.4. The SMILES string of the molecule is CC#CCN1c2c(n(C)c(=O)n(C(=O)[NH2+]Cc3cccnc3F)c2=O)NC1N1CCCC(N)C1. The number of primary amides is 1. The molecule has 4 rings (SSSR count). The van der Waals surface area contributed by atoms with E-state index >= 15 is 0 Å². The molecular weight excluding hydrogens is 443 g/mol. The molecule has 2 unspecified atom stereocenters. The van der Waals surface area contributed by atoms with Crippen LogP contribution in [0.15, 0.2) is 27.9 Å². The number of carbonyl (C=O) groups is 1. The number of halogens is 1. The van der Waals surface area contributed by atoms with Crippen LogP contribution in [0.1, 0.15) is 25.3 Å². The van der Waals surface area contributed by atoms with Crippen LogP contribution in [0.4, 0.5) is 20.7 Å². The highest BCUT2D eigenvalue weighted by Gasteiger charge is 2.40. The lowest BCUT2D eigenvalue weighted by atomic mass is 10.1. The Morgan fingerprint density at radius 3 is 2.91 bits per heavy atom. The summed E-state index contributed by atoms with van der Waals surface area (Å²) >= 11 is 0. The van der Waals surface area contributed by atoms with E-state index in [0.29, 0.717) is 16.9 Å². The number of nitrogens with two attached hydrogens (primary N) is 2. The quantitative estimate of drug-likeness (QED) is 0.373. The number of nitrogens with one attached hydrogen (secondary N) is 1. The van der Waals surface area contributed by atoms with E-state index in [1.165, 1.54) is 23.9 Å². The molecule has 1 fully saturated rings. The number of piperidine rings is 1. The minimum absolute atomic E-state index is 0.00268. The summed E-state index contributed by atoms with van der Waals surface area (Å²) in [6.45, 7) is 3.20. The third kappa shape index (κ3) is 4.33. The first kappa shape index (κ1) is 23.6. The molecule has 34 heavy (non-hydrogen) atoms. The highest BCUT2D eigenvalue weighted by molar-refractivity contribution is 5.76. The molecule has 0 bridgehead atoms. The first-order chi connectivity index (χ1) is 16.3. The standard InChI is InChI=1S/C22H27FN8O3/c1-3-4-11-30-16-18(27-20(30)29-10-6-8-15(24)13-29)28(2)22(34)31(19(16)32)21(33)26-12-14-7-5-9-25-17(14)23/h5,7,9,15,20,27H,6,8,10-13,24H2,1-2H3,(H,26,33)/p+1. The van der Waals surface area contributed by atoms with Gasteiger partial charge >= 0.3 is 11.7 Å². The highest BCUT2D eigenvalue weighted by Crippen LogP contribution is 2.32. The van der Waals surface area contributed by atoms with Gasteiger partial charge in [-0.05, 0) is 31.9 Å². The average Bonchev–Trinajstić information content (AvgIpc) is 3.21. The Balaban J connectivity index is 1.70. The first-order valence-corrected chi connectivity index (χ1v) is 11.1. The number of aromatic nitrogens is 3. The predicted octanol–water partition coefficient (Wildman–Crippen LogP) is -1.23. The minimum atomic E-state index is -0.832. The molecule has 0 spiro atoms. The first-order valence-electron chi connectivity index (χ1n) is 11.1. The second kappa shape index (κ2) is 9.76. The Kier molecular flexibility index (Phi) is 6.78. The normalized spacial score (nSPS) is 19.8. The topological polar surface area (TPSA) is 135 Å². The maximum absolute atomic E-state index is 13.8. The van der Waals surface area contributed by atoms with Gasteiger partial charge in [0.2, 0.25) is 5.95 Å². The summed E-state index contributed by atoms with van der Waals surface area (Å²) in [6, 6.07) is 2.20. The fraction of sp³-hybridized carbons (Fsp3) is 0.455. The van der Waals surface area contributed by atoms with Crippen LogP contribution in [-0.4, -0.2) is 57.0 Å². The van der Waals surface area contributed by atoms with Gasteiger partial charge in [0.25, 0.3) is 5.56 Å². The van der Waals surface area contributed by atoms with Crippen LogP contribution >= 0.6 is 0 Å². The Bertz CT molecular complexity index is 1280. The monoisotopic (exact) mass is 471 g/mol. The van der Waals surface area contributed by atoms with Crippen molar-refractivity contribution in [2.75, 3.05) is 29.9 Å². The van der Waals surface area contributed by atoms with Crippen molar-refractivity contribution >= 4 is 17.5 Å². The number of likely N-dealkylation sites (tertiary alicyclic amines) is 1. The zero-order valence-electron chi connectivity index (χ0n) is 19.1. The lowest BCUT2D eigenvalue weighted by Crippen LogP contribution is -2.89. The Morgan fingerprint density at radius 1 is 1.41 bits per heavy atom. The van der Waals surface area contributed by atoms with Crippen molar-refractivity contribution in [3.05, 3.63) is 50.7 Å². The number of amides is 1. The summed E-state index contributed by atoms with van der Waals surface area (Å²) in [7, 11) is 1.49. The number of hydrogen-bond donors (Lipinski definition) is 3. The molecule has 0 saturated carbocycles. The van der Waals surface area contributed by atoms with E-state index in [1.807, 2.05) is 0 Å². The van der Waals surface area contributed by atoms with Crippen LogP contribution in [-0.2, 0) is 13.6 Å². The molecule has 2 aromatic rings. The Labute approximate surface area is 195 Å². The van der Waals surface area contributed by atoms with Gasteiger partial charge in [-0.15, -0.1) is 10.5 Å². The van der Waals surface area contributed by atoms with E-state index in [4.69, 9.17) is 5.73 Å². The van der Waals surface area contributed by atoms with E-state index in [9.17, 15) is 18.8 Å². The Morgan fingerprint density at radius 2 is 2.21 bits per heavy atom. The van der Waals surface area contributed by atoms with E-state index in [0.717, 1.165) is 24.7 Å². The molecule has 11 nitrogen and oxygen atoms in total. The van der Waals surface area contributed by atoms with Gasteiger partial charge in [0.1, 0.15) is 18.1 Å². The van der Waals surface area contributed by atoms with Crippen LogP contribution in [0.2, 0.25) is 0 Å². The van der Waals surface area contributed by atoms with E-state index in [-0.39, 0.29) is 30.4 Å². The van der Waals surface area contributed by atoms with Crippen molar-refractivity contribution in [1.82, 2.24) is 19.0 Å². The maximum Gasteiger partial charge on any atom is 0.431 e. The zero-order valence-corrected chi connectivity index (χ0v) is 19.1. The molecule has 2 aliphatic rings. The highest BCUT2D eigenvalue weighted by atomic mass is 19.1. The fourth-order valence-corrected chi connectivity index (χ4v) is 4.38. The molecule has 2 aliphatic heterocycles. The van der Waals surface area contributed by atoms with Gasteiger partial charge in [-0.3, -0.25) is 19.6 Å². The maximum atomic E-state index is 13.8. The summed E-state index contributed by atoms with van der Waals surface area (Å²) in [6.07, 6.45) is 2.69. The molecule has 0 radical (unpaired) electrons. The molecule has 180 valence electrons. The molecule has 0 aliphatic carbocycles. The molecule has 4 heterocycles. The minimum Gasteiger partial charge on any atom is -0.337 e. The number of hydrogen-bond acceptors (Lipinski definition) is 8. The van der Waals surface area contributed by atoms with Crippen molar-refractivity contribution in [2.45, 2.75) is 38.6 Å². The number of pyridine rings is 1. The van der Waals surface area contributed by atoms with Crippen LogP contribution in [0.5, 0.6) is 0 Å². The summed E-state index contributed by atoms with van der Waals surface area (Å²) in [5, 5.41) is 4.37. The number of anilines is 2. The predicted molar refractivity (Wildman–Crippen MR) is 124 cm³/mol. The summed E-state index contributed by atoms with van der Waals surface area (Å²) < 4.78 is 15.7.